The van der Waals surface area contributed by atoms with Crippen LogP contribution in [0.15, 0.2) is 24.3 Å². The normalized spacial score (nSPS) is 20.8. The molecule has 10 heteroatoms. The Morgan fingerprint density at radius 3 is 2.38 bits per heavy atom. The van der Waals surface area contributed by atoms with Gasteiger partial charge in [-0.3, -0.25) is 15.4 Å². The number of nitrogens with zero attached hydrogens (tertiary/aromatic N) is 1. The first-order chi connectivity index (χ1) is 11.1. The fraction of sp³-hybridized carbons (Fsp3) is 0.357. The third-order valence-corrected chi connectivity index (χ3v) is 3.30. The minimum Gasteiger partial charge on any atom is -0.450 e. The molecule has 2 N–H and O–H groups in total. The lowest BCUT2D eigenvalue weighted by Crippen LogP contribution is -2.69. The van der Waals surface area contributed by atoms with E-state index in [2.05, 4.69) is 4.74 Å². The largest absolute Gasteiger partial charge is 0.450 e. The SMILES string of the molecule is CCOC(=O)N[C@]1(C(F)(F)F)NC(=O)N(c2ccc(C)cc2)C1=O. The van der Waals surface area contributed by atoms with E-state index < -0.39 is 29.9 Å². The molecule has 0 unspecified atom stereocenters. The van der Waals surface area contributed by atoms with Crippen LogP contribution >= 0.6 is 0 Å². The summed E-state index contributed by atoms with van der Waals surface area (Å²) in [7, 11) is 0. The van der Waals surface area contributed by atoms with Crippen molar-refractivity contribution < 1.29 is 32.3 Å². The summed E-state index contributed by atoms with van der Waals surface area (Å²) in [5.41, 5.74) is -2.85. The smallest absolute Gasteiger partial charge is 0.440 e. The minimum absolute atomic E-state index is 0.0557. The monoisotopic (exact) mass is 345 g/mol. The Kier molecular flexibility index (Phi) is 4.41. The van der Waals surface area contributed by atoms with E-state index in [1.54, 1.807) is 6.92 Å². The molecule has 1 aliphatic heterocycles. The second kappa shape index (κ2) is 6.02. The second-order valence-corrected chi connectivity index (χ2v) is 5.00. The average Bonchev–Trinajstić information content (AvgIpc) is 2.72. The topological polar surface area (TPSA) is 87.7 Å². The van der Waals surface area contributed by atoms with Crippen LogP contribution in [0.1, 0.15) is 12.5 Å². The van der Waals surface area contributed by atoms with Crippen LogP contribution in [-0.2, 0) is 9.53 Å². The van der Waals surface area contributed by atoms with Gasteiger partial charge >= 0.3 is 18.3 Å². The molecule has 0 radical (unpaired) electrons. The van der Waals surface area contributed by atoms with Gasteiger partial charge < -0.3 is 4.74 Å². The highest BCUT2D eigenvalue weighted by molar-refractivity contribution is 6.24. The summed E-state index contributed by atoms with van der Waals surface area (Å²) in [6.45, 7) is 2.91. The highest BCUT2D eigenvalue weighted by atomic mass is 19.4. The molecule has 2 rings (SSSR count). The average molecular weight is 345 g/mol. The number of hydrogen-bond acceptors (Lipinski definition) is 4. The number of carbonyl (C=O) groups is 3. The van der Waals surface area contributed by atoms with Crippen LogP contribution in [0.5, 0.6) is 0 Å². The highest BCUT2D eigenvalue weighted by Crippen LogP contribution is 2.35. The summed E-state index contributed by atoms with van der Waals surface area (Å²) in [4.78, 5) is 36.1. The van der Waals surface area contributed by atoms with Crippen molar-refractivity contribution in [2.75, 3.05) is 11.5 Å². The molecule has 1 fully saturated rings. The van der Waals surface area contributed by atoms with E-state index in [4.69, 9.17) is 0 Å². The number of carbonyl (C=O) groups excluding carboxylic acids is 3. The lowest BCUT2D eigenvalue weighted by atomic mass is 10.1. The van der Waals surface area contributed by atoms with Gasteiger partial charge in [0, 0.05) is 0 Å². The van der Waals surface area contributed by atoms with E-state index >= 15 is 0 Å². The summed E-state index contributed by atoms with van der Waals surface area (Å²) in [6.07, 6.45) is -6.75. The number of nitrogens with one attached hydrogen (secondary N) is 2. The summed E-state index contributed by atoms with van der Waals surface area (Å²) < 4.78 is 44.8. The predicted octanol–water partition coefficient (Wildman–Crippen LogP) is 2.06. The summed E-state index contributed by atoms with van der Waals surface area (Å²) >= 11 is 0. The van der Waals surface area contributed by atoms with Gasteiger partial charge in [0.25, 0.3) is 11.6 Å². The van der Waals surface area contributed by atoms with Gasteiger partial charge in [0.1, 0.15) is 0 Å². The molecule has 1 aliphatic rings. The fourth-order valence-electron chi connectivity index (χ4n) is 2.13. The Balaban J connectivity index is 2.43. The lowest BCUT2D eigenvalue weighted by Gasteiger charge is -2.29. The molecule has 1 heterocycles. The molecule has 0 aromatic heterocycles. The van der Waals surface area contributed by atoms with E-state index in [1.807, 2.05) is 0 Å². The van der Waals surface area contributed by atoms with E-state index in [-0.39, 0.29) is 12.3 Å². The molecular formula is C14H14F3N3O4. The van der Waals surface area contributed by atoms with Crippen LogP contribution in [-0.4, -0.2) is 36.5 Å². The molecule has 0 bridgehead atoms. The maximum atomic E-state index is 13.5. The van der Waals surface area contributed by atoms with Crippen LogP contribution in [0.4, 0.5) is 28.4 Å². The number of amides is 4. The van der Waals surface area contributed by atoms with Crippen molar-refractivity contribution in [3.05, 3.63) is 29.8 Å². The number of hydrogen-bond donors (Lipinski definition) is 2. The summed E-state index contributed by atoms with van der Waals surface area (Å²) in [6, 6.07) is 4.40. The van der Waals surface area contributed by atoms with Gasteiger partial charge in [0.15, 0.2) is 0 Å². The molecule has 130 valence electrons. The molecule has 24 heavy (non-hydrogen) atoms. The number of aryl methyl sites for hydroxylation is 1. The molecule has 0 saturated carbocycles. The second-order valence-electron chi connectivity index (χ2n) is 5.00. The Morgan fingerprint density at radius 2 is 1.88 bits per heavy atom. The third kappa shape index (κ3) is 2.86. The summed E-state index contributed by atoms with van der Waals surface area (Å²) in [5, 5.41) is 2.93. The first kappa shape index (κ1) is 17.6. The van der Waals surface area contributed by atoms with Gasteiger partial charge in [0.05, 0.1) is 12.3 Å². The standard InChI is InChI=1S/C14H14F3N3O4/c1-3-24-12(23)19-13(14(15,16)17)10(21)20(11(22)18-13)9-6-4-8(2)5-7-9/h4-7H,3H2,1-2H3,(H,18,22)(H,19,23)/t13-/m1/s1. The van der Waals surface area contributed by atoms with Crippen LogP contribution in [0.3, 0.4) is 0 Å². The zero-order valence-corrected chi connectivity index (χ0v) is 12.7. The van der Waals surface area contributed by atoms with Crippen molar-refractivity contribution in [1.29, 1.82) is 0 Å². The Hall–Kier alpha value is -2.78. The summed E-state index contributed by atoms with van der Waals surface area (Å²) in [5.74, 6) is -1.67. The molecule has 0 aliphatic carbocycles. The highest BCUT2D eigenvalue weighted by Gasteiger charge is 2.69. The van der Waals surface area contributed by atoms with Gasteiger partial charge in [-0.15, -0.1) is 0 Å². The van der Waals surface area contributed by atoms with Crippen molar-refractivity contribution in [2.24, 2.45) is 0 Å². The van der Waals surface area contributed by atoms with Crippen molar-refractivity contribution >= 4 is 23.7 Å². The zero-order chi connectivity index (χ0) is 18.1. The third-order valence-electron chi connectivity index (χ3n) is 3.30. The van der Waals surface area contributed by atoms with E-state index in [0.717, 1.165) is 5.56 Å². The van der Waals surface area contributed by atoms with E-state index in [0.29, 0.717) is 4.90 Å². The van der Waals surface area contributed by atoms with Crippen molar-refractivity contribution in [3.8, 4) is 0 Å². The Labute approximate surface area is 134 Å². The Morgan fingerprint density at radius 1 is 1.29 bits per heavy atom. The molecule has 4 amide bonds. The first-order valence-corrected chi connectivity index (χ1v) is 6.87. The van der Waals surface area contributed by atoms with E-state index in [9.17, 15) is 27.6 Å². The maximum Gasteiger partial charge on any atom is 0.440 e. The zero-order valence-electron chi connectivity index (χ0n) is 12.7. The number of alkyl carbamates (subject to hydrolysis) is 1. The molecular weight excluding hydrogens is 331 g/mol. The fourth-order valence-corrected chi connectivity index (χ4v) is 2.13. The quantitative estimate of drug-likeness (QED) is 0.821. The molecule has 0 spiro atoms. The number of anilines is 1. The number of alkyl halides is 3. The molecule has 1 aromatic carbocycles. The van der Waals surface area contributed by atoms with Crippen molar-refractivity contribution in [3.63, 3.8) is 0 Å². The van der Waals surface area contributed by atoms with Crippen LogP contribution in [0.25, 0.3) is 0 Å². The minimum atomic E-state index is -5.27. The van der Waals surface area contributed by atoms with Gasteiger partial charge in [-0.05, 0) is 26.0 Å². The molecule has 1 saturated heterocycles. The van der Waals surface area contributed by atoms with Gasteiger partial charge in [-0.1, -0.05) is 17.7 Å². The molecule has 1 aromatic rings. The number of urea groups is 1. The Bertz CT molecular complexity index is 675. The van der Waals surface area contributed by atoms with E-state index in [1.165, 1.54) is 41.8 Å². The number of ether oxygens (including phenoxy) is 1. The van der Waals surface area contributed by atoms with Crippen LogP contribution < -0.4 is 15.5 Å². The lowest BCUT2D eigenvalue weighted by molar-refractivity contribution is -0.197. The van der Waals surface area contributed by atoms with Crippen LogP contribution in [0.2, 0.25) is 0 Å². The van der Waals surface area contributed by atoms with Gasteiger partial charge in [0.2, 0.25) is 0 Å². The van der Waals surface area contributed by atoms with Crippen LogP contribution in [0, 0.1) is 6.92 Å². The predicted molar refractivity (Wildman–Crippen MR) is 76.1 cm³/mol. The number of benzene rings is 1. The molecule has 1 atom stereocenters. The van der Waals surface area contributed by atoms with Gasteiger partial charge in [-0.2, -0.15) is 13.2 Å². The van der Waals surface area contributed by atoms with Crippen molar-refractivity contribution in [2.45, 2.75) is 25.7 Å². The van der Waals surface area contributed by atoms with Gasteiger partial charge in [-0.25, -0.2) is 14.5 Å². The number of halogens is 3. The van der Waals surface area contributed by atoms with Crippen molar-refractivity contribution in [1.82, 2.24) is 10.6 Å². The first-order valence-electron chi connectivity index (χ1n) is 6.87. The maximum absolute atomic E-state index is 13.5. The number of rotatable bonds is 3. The number of imide groups is 1. The molecule has 7 nitrogen and oxygen atoms in total.